The van der Waals surface area contributed by atoms with E-state index in [0.717, 1.165) is 66.1 Å². The van der Waals surface area contributed by atoms with Crippen LogP contribution in [0.25, 0.3) is 11.0 Å². The van der Waals surface area contributed by atoms with Crippen molar-refractivity contribution in [1.82, 2.24) is 19.9 Å². The minimum atomic E-state index is -0.488. The third-order valence-corrected chi connectivity index (χ3v) is 5.32. The molecule has 0 saturated heterocycles. The van der Waals surface area contributed by atoms with Crippen molar-refractivity contribution >= 4 is 17.1 Å². The molecular formula is C26H36N4O3. The van der Waals surface area contributed by atoms with E-state index in [4.69, 9.17) is 19.4 Å². The molecule has 0 aliphatic heterocycles. The fourth-order valence-corrected chi connectivity index (χ4v) is 3.72. The highest BCUT2D eigenvalue weighted by Gasteiger charge is 2.20. The lowest BCUT2D eigenvalue weighted by Gasteiger charge is -2.19. The van der Waals surface area contributed by atoms with Crippen LogP contribution in [-0.4, -0.2) is 32.8 Å². The van der Waals surface area contributed by atoms with Crippen LogP contribution in [0.1, 0.15) is 64.0 Å². The second-order valence-corrected chi connectivity index (χ2v) is 9.31. The van der Waals surface area contributed by atoms with Crippen LogP contribution in [0.5, 0.6) is 11.6 Å². The molecule has 1 aromatic carbocycles. The number of ether oxygens (including phenoxy) is 2. The molecule has 7 heteroatoms. The van der Waals surface area contributed by atoms with Gasteiger partial charge >= 0.3 is 6.09 Å². The Bertz CT molecular complexity index is 1080. The number of nitrogens with zero attached hydrogens (tertiary/aromatic N) is 3. The van der Waals surface area contributed by atoms with Crippen molar-refractivity contribution < 1.29 is 14.3 Å². The number of rotatable bonds is 9. The van der Waals surface area contributed by atoms with E-state index in [-0.39, 0.29) is 6.09 Å². The summed E-state index contributed by atoms with van der Waals surface area (Å²) in [6.45, 7) is 13.2. The van der Waals surface area contributed by atoms with E-state index < -0.39 is 5.60 Å². The average molecular weight is 453 g/mol. The number of carbonyl (C=O) groups excluding carboxylic acids is 1. The second-order valence-electron chi connectivity index (χ2n) is 9.31. The van der Waals surface area contributed by atoms with Crippen molar-refractivity contribution in [2.24, 2.45) is 0 Å². The Balaban J connectivity index is 1.79. The first-order valence-electron chi connectivity index (χ1n) is 11.8. The van der Waals surface area contributed by atoms with Gasteiger partial charge in [0.25, 0.3) is 0 Å². The van der Waals surface area contributed by atoms with Gasteiger partial charge < -0.3 is 19.4 Å². The van der Waals surface area contributed by atoms with E-state index >= 15 is 0 Å². The predicted octanol–water partition coefficient (Wildman–Crippen LogP) is 6.10. The Hall–Kier alpha value is -3.09. The lowest BCUT2D eigenvalue weighted by Crippen LogP contribution is -2.33. The molecule has 0 radical (unpaired) electrons. The number of para-hydroxylation sites is 1. The van der Waals surface area contributed by atoms with Crippen molar-refractivity contribution in [2.45, 2.75) is 79.4 Å². The predicted molar refractivity (Wildman–Crippen MR) is 131 cm³/mol. The van der Waals surface area contributed by atoms with Crippen LogP contribution in [0.4, 0.5) is 4.79 Å². The molecule has 0 spiro atoms. The normalized spacial score (nSPS) is 11.6. The maximum Gasteiger partial charge on any atom is 0.407 e. The Morgan fingerprint density at radius 2 is 1.82 bits per heavy atom. The molecule has 178 valence electrons. The number of fused-ring (bicyclic) bond motifs is 1. The SMILES string of the molecule is CCCc1nc2c(Oc3ccccc3)nc(C)c(C)c2n1CCCCNC(=O)OC(C)(C)C. The van der Waals surface area contributed by atoms with Gasteiger partial charge in [-0.25, -0.2) is 14.8 Å². The summed E-state index contributed by atoms with van der Waals surface area (Å²) in [7, 11) is 0. The highest BCUT2D eigenvalue weighted by atomic mass is 16.6. The number of nitrogens with one attached hydrogen (secondary N) is 1. The molecule has 0 unspecified atom stereocenters. The molecule has 0 bridgehead atoms. The molecule has 3 rings (SSSR count). The number of aryl methyl sites for hydroxylation is 4. The summed E-state index contributed by atoms with van der Waals surface area (Å²) in [5.41, 5.74) is 3.45. The molecule has 2 aromatic heterocycles. The van der Waals surface area contributed by atoms with Crippen LogP contribution < -0.4 is 10.1 Å². The van der Waals surface area contributed by atoms with E-state index in [1.165, 1.54) is 0 Å². The average Bonchev–Trinajstić information content (AvgIpc) is 3.10. The van der Waals surface area contributed by atoms with Crippen molar-refractivity contribution in [3.05, 3.63) is 47.4 Å². The van der Waals surface area contributed by atoms with E-state index in [9.17, 15) is 4.79 Å². The van der Waals surface area contributed by atoms with Gasteiger partial charge in [0.1, 0.15) is 17.2 Å². The second kappa shape index (κ2) is 10.7. The van der Waals surface area contributed by atoms with Gasteiger partial charge in [0.15, 0.2) is 5.52 Å². The number of hydrogen-bond donors (Lipinski definition) is 1. The largest absolute Gasteiger partial charge is 0.444 e. The van der Waals surface area contributed by atoms with Crippen LogP contribution in [0.2, 0.25) is 0 Å². The van der Waals surface area contributed by atoms with Crippen LogP contribution in [0.3, 0.4) is 0 Å². The summed E-state index contributed by atoms with van der Waals surface area (Å²) in [6.07, 6.45) is 3.27. The van der Waals surface area contributed by atoms with Gasteiger partial charge in [-0.2, -0.15) is 0 Å². The molecule has 0 fully saturated rings. The van der Waals surface area contributed by atoms with E-state index in [2.05, 4.69) is 23.7 Å². The summed E-state index contributed by atoms with van der Waals surface area (Å²) >= 11 is 0. The van der Waals surface area contributed by atoms with Crippen LogP contribution in [0.15, 0.2) is 30.3 Å². The topological polar surface area (TPSA) is 78.3 Å². The summed E-state index contributed by atoms with van der Waals surface area (Å²) in [4.78, 5) is 21.5. The summed E-state index contributed by atoms with van der Waals surface area (Å²) < 4.78 is 13.7. The monoisotopic (exact) mass is 452 g/mol. The first-order chi connectivity index (χ1) is 15.7. The van der Waals surface area contributed by atoms with Gasteiger partial charge in [0.05, 0.1) is 5.52 Å². The molecule has 1 amide bonds. The zero-order valence-electron chi connectivity index (χ0n) is 20.7. The molecule has 33 heavy (non-hydrogen) atoms. The highest BCUT2D eigenvalue weighted by molar-refractivity contribution is 5.85. The fourth-order valence-electron chi connectivity index (χ4n) is 3.72. The standard InChI is InChI=1S/C26H36N4O3/c1-7-13-21-29-22-23(30(21)17-12-11-16-27-25(31)33-26(4,5)6)18(2)19(3)28-24(22)32-20-14-9-8-10-15-20/h8-10,14-15H,7,11-13,16-17H2,1-6H3,(H,27,31). The van der Waals surface area contributed by atoms with Gasteiger partial charge in [-0.3, -0.25) is 0 Å². The maximum absolute atomic E-state index is 11.9. The zero-order valence-corrected chi connectivity index (χ0v) is 20.7. The van der Waals surface area contributed by atoms with E-state index in [1.54, 1.807) is 0 Å². The minimum Gasteiger partial charge on any atom is -0.444 e. The lowest BCUT2D eigenvalue weighted by molar-refractivity contribution is 0.0527. The van der Waals surface area contributed by atoms with Crippen molar-refractivity contribution in [3.8, 4) is 11.6 Å². The van der Waals surface area contributed by atoms with Crippen LogP contribution in [0, 0.1) is 13.8 Å². The third kappa shape index (κ3) is 6.46. The summed E-state index contributed by atoms with van der Waals surface area (Å²) in [5, 5.41) is 2.84. The lowest BCUT2D eigenvalue weighted by atomic mass is 10.2. The van der Waals surface area contributed by atoms with Crippen LogP contribution in [-0.2, 0) is 17.7 Å². The minimum absolute atomic E-state index is 0.373. The number of unbranched alkanes of at least 4 members (excludes halogenated alkanes) is 1. The molecule has 1 N–H and O–H groups in total. The molecule has 3 aromatic rings. The molecule has 2 heterocycles. The van der Waals surface area contributed by atoms with Crippen molar-refractivity contribution in [1.29, 1.82) is 0 Å². The molecular weight excluding hydrogens is 416 g/mol. The molecule has 0 aliphatic rings. The van der Waals surface area contributed by atoms with Gasteiger partial charge in [-0.1, -0.05) is 25.1 Å². The number of imidazole rings is 1. The highest BCUT2D eigenvalue weighted by Crippen LogP contribution is 2.32. The zero-order chi connectivity index (χ0) is 24.0. The summed E-state index contributed by atoms with van der Waals surface area (Å²) in [6, 6.07) is 9.69. The van der Waals surface area contributed by atoms with E-state index in [1.807, 2.05) is 58.0 Å². The number of benzene rings is 1. The quantitative estimate of drug-likeness (QED) is 0.397. The van der Waals surface area contributed by atoms with E-state index in [0.29, 0.717) is 12.4 Å². The first kappa shape index (κ1) is 24.6. The molecule has 7 nitrogen and oxygen atoms in total. The Morgan fingerprint density at radius 1 is 1.09 bits per heavy atom. The molecule has 0 atom stereocenters. The Labute approximate surface area is 196 Å². The smallest absolute Gasteiger partial charge is 0.407 e. The number of carbonyl (C=O) groups is 1. The first-order valence-corrected chi connectivity index (χ1v) is 11.8. The number of aromatic nitrogens is 3. The van der Waals surface area contributed by atoms with Crippen molar-refractivity contribution in [2.75, 3.05) is 6.54 Å². The van der Waals surface area contributed by atoms with Gasteiger partial charge in [-0.05, 0) is 71.6 Å². The Kier molecular flexibility index (Phi) is 7.95. The van der Waals surface area contributed by atoms with Gasteiger partial charge in [-0.15, -0.1) is 0 Å². The maximum atomic E-state index is 11.9. The number of hydrogen-bond acceptors (Lipinski definition) is 5. The number of amides is 1. The molecule has 0 aliphatic carbocycles. The van der Waals surface area contributed by atoms with Gasteiger partial charge in [0, 0.05) is 25.2 Å². The number of pyridine rings is 1. The van der Waals surface area contributed by atoms with Gasteiger partial charge in [0.2, 0.25) is 5.88 Å². The van der Waals surface area contributed by atoms with Crippen molar-refractivity contribution in [3.63, 3.8) is 0 Å². The Morgan fingerprint density at radius 3 is 2.48 bits per heavy atom. The third-order valence-electron chi connectivity index (χ3n) is 5.32. The number of alkyl carbamates (subject to hydrolysis) is 1. The summed E-state index contributed by atoms with van der Waals surface area (Å²) in [5.74, 6) is 2.33. The molecule has 0 saturated carbocycles. The van der Waals surface area contributed by atoms with Crippen LogP contribution >= 0.6 is 0 Å². The fraction of sp³-hybridized carbons (Fsp3) is 0.500.